The molecule has 0 unspecified atom stereocenters. The van der Waals surface area contributed by atoms with Crippen LogP contribution in [0.1, 0.15) is 59.8 Å². The van der Waals surface area contributed by atoms with Crippen molar-refractivity contribution in [3.05, 3.63) is 0 Å². The Hall–Kier alpha value is -0.700. The third kappa shape index (κ3) is 11.6. The fraction of sp³-hybridized carbons (Fsp3) is 0.857. The number of carbonyl (C=O) groups is 2. The highest BCUT2D eigenvalue weighted by atomic mass is 16.5. The molecule has 0 heterocycles. The van der Waals surface area contributed by atoms with E-state index in [1.807, 2.05) is 6.92 Å². The van der Waals surface area contributed by atoms with E-state index in [0.717, 1.165) is 6.42 Å². The lowest BCUT2D eigenvalue weighted by molar-refractivity contribution is -0.122. The monoisotopic (exact) mass is 242 g/mol. The lowest BCUT2D eigenvalue weighted by Gasteiger charge is -2.16. The number of carbonyl (C=O) groups excluding carboxylic acids is 2. The van der Waals surface area contributed by atoms with Crippen LogP contribution >= 0.6 is 0 Å². The molecule has 0 aliphatic heterocycles. The summed E-state index contributed by atoms with van der Waals surface area (Å²) in [7, 11) is 0. The highest BCUT2D eigenvalue weighted by molar-refractivity contribution is 5.79. The summed E-state index contributed by atoms with van der Waals surface area (Å²) in [6, 6.07) is 0. The molecule has 0 saturated carbocycles. The Bertz CT molecular complexity index is 238. The topological polar surface area (TPSA) is 43.4 Å². The zero-order chi connectivity index (χ0) is 13.3. The maximum Gasteiger partial charge on any atom is 0.134 e. The van der Waals surface area contributed by atoms with Gasteiger partial charge in [0.15, 0.2) is 0 Å². The van der Waals surface area contributed by atoms with Gasteiger partial charge in [-0.2, -0.15) is 0 Å². The van der Waals surface area contributed by atoms with Gasteiger partial charge in [-0.3, -0.25) is 9.59 Å². The van der Waals surface area contributed by atoms with Gasteiger partial charge < -0.3 is 4.74 Å². The van der Waals surface area contributed by atoms with Crippen molar-refractivity contribution in [1.82, 2.24) is 0 Å². The SMILES string of the molecule is CCC(=O)CCOCCCC(=O)CC(C)(C)C. The number of ether oxygens (including phenoxy) is 1. The Morgan fingerprint density at radius 2 is 1.65 bits per heavy atom. The standard InChI is InChI=1S/C14H26O3/c1-5-12(15)8-10-17-9-6-7-13(16)11-14(2,3)4/h5-11H2,1-4H3. The maximum absolute atomic E-state index is 11.5. The zero-order valence-electron chi connectivity index (χ0n) is 11.7. The first-order chi connectivity index (χ1) is 7.85. The van der Waals surface area contributed by atoms with Gasteiger partial charge in [-0.25, -0.2) is 0 Å². The Kier molecular flexibility index (Phi) is 8.05. The Morgan fingerprint density at radius 3 is 2.18 bits per heavy atom. The third-order valence-electron chi connectivity index (χ3n) is 2.39. The minimum absolute atomic E-state index is 0.0749. The summed E-state index contributed by atoms with van der Waals surface area (Å²) in [5, 5.41) is 0. The van der Waals surface area contributed by atoms with Gasteiger partial charge >= 0.3 is 0 Å². The summed E-state index contributed by atoms with van der Waals surface area (Å²) >= 11 is 0. The van der Waals surface area contributed by atoms with E-state index in [0.29, 0.717) is 44.7 Å². The van der Waals surface area contributed by atoms with E-state index in [2.05, 4.69) is 20.8 Å². The fourth-order valence-electron chi connectivity index (χ4n) is 1.52. The summed E-state index contributed by atoms with van der Waals surface area (Å²) in [5.74, 6) is 0.527. The molecule has 0 N–H and O–H groups in total. The second-order valence-electron chi connectivity index (χ2n) is 5.63. The molecule has 0 fully saturated rings. The Balaban J connectivity index is 3.40. The molecule has 0 aliphatic rings. The molecule has 100 valence electrons. The lowest BCUT2D eigenvalue weighted by atomic mass is 9.89. The molecule has 0 spiro atoms. The van der Waals surface area contributed by atoms with Crippen molar-refractivity contribution in [3.63, 3.8) is 0 Å². The third-order valence-corrected chi connectivity index (χ3v) is 2.39. The van der Waals surface area contributed by atoms with Crippen LogP contribution in [0.15, 0.2) is 0 Å². The first-order valence-electron chi connectivity index (χ1n) is 6.46. The minimum atomic E-state index is 0.0749. The smallest absolute Gasteiger partial charge is 0.134 e. The molecule has 0 radical (unpaired) electrons. The summed E-state index contributed by atoms with van der Waals surface area (Å²) in [6.45, 7) is 9.12. The largest absolute Gasteiger partial charge is 0.381 e. The van der Waals surface area contributed by atoms with Gasteiger partial charge in [0.25, 0.3) is 0 Å². The summed E-state index contributed by atoms with van der Waals surface area (Å²) < 4.78 is 5.31. The first kappa shape index (κ1) is 16.3. The fourth-order valence-corrected chi connectivity index (χ4v) is 1.52. The van der Waals surface area contributed by atoms with E-state index < -0.39 is 0 Å². The highest BCUT2D eigenvalue weighted by Gasteiger charge is 2.15. The van der Waals surface area contributed by atoms with Crippen molar-refractivity contribution in [2.45, 2.75) is 59.8 Å². The number of ketones is 2. The molecule has 0 saturated heterocycles. The van der Waals surface area contributed by atoms with E-state index in [1.54, 1.807) is 0 Å². The van der Waals surface area contributed by atoms with Crippen molar-refractivity contribution >= 4 is 11.6 Å². The van der Waals surface area contributed by atoms with Crippen LogP contribution < -0.4 is 0 Å². The van der Waals surface area contributed by atoms with Crippen molar-refractivity contribution in [2.24, 2.45) is 5.41 Å². The molecule has 0 amide bonds. The second kappa shape index (κ2) is 8.40. The molecule has 3 nitrogen and oxygen atoms in total. The molecule has 17 heavy (non-hydrogen) atoms. The van der Waals surface area contributed by atoms with Crippen LogP contribution in [0.25, 0.3) is 0 Å². The lowest BCUT2D eigenvalue weighted by Crippen LogP contribution is -2.13. The van der Waals surface area contributed by atoms with Gasteiger partial charge in [0.2, 0.25) is 0 Å². The summed E-state index contributed by atoms with van der Waals surface area (Å²) in [6.07, 6.45) is 3.04. The first-order valence-corrected chi connectivity index (χ1v) is 6.46. The molecule has 0 aromatic heterocycles. The molecule has 0 bridgehead atoms. The number of Topliss-reactive ketones (excluding diaryl/α,β-unsaturated/α-hetero) is 2. The van der Waals surface area contributed by atoms with Crippen LogP contribution in [0.2, 0.25) is 0 Å². The van der Waals surface area contributed by atoms with E-state index in [1.165, 1.54) is 0 Å². The zero-order valence-corrected chi connectivity index (χ0v) is 11.7. The van der Waals surface area contributed by atoms with E-state index in [4.69, 9.17) is 4.74 Å². The van der Waals surface area contributed by atoms with Crippen molar-refractivity contribution in [3.8, 4) is 0 Å². The van der Waals surface area contributed by atoms with Crippen molar-refractivity contribution in [1.29, 1.82) is 0 Å². The van der Waals surface area contributed by atoms with Gasteiger partial charge in [-0.1, -0.05) is 27.7 Å². The predicted molar refractivity (Wildman–Crippen MR) is 69.0 cm³/mol. The van der Waals surface area contributed by atoms with E-state index >= 15 is 0 Å². The van der Waals surface area contributed by atoms with Gasteiger partial charge in [-0.05, 0) is 11.8 Å². The average molecular weight is 242 g/mol. The van der Waals surface area contributed by atoms with Crippen LogP contribution in [0.5, 0.6) is 0 Å². The van der Waals surface area contributed by atoms with Crippen LogP contribution in [-0.4, -0.2) is 24.8 Å². The molecule has 0 aromatic carbocycles. The molecule has 0 rings (SSSR count). The number of hydrogen-bond donors (Lipinski definition) is 0. The van der Waals surface area contributed by atoms with E-state index in [9.17, 15) is 9.59 Å². The number of hydrogen-bond acceptors (Lipinski definition) is 3. The Labute approximate surface area is 105 Å². The summed E-state index contributed by atoms with van der Waals surface area (Å²) in [5.41, 5.74) is 0.0749. The van der Waals surface area contributed by atoms with E-state index in [-0.39, 0.29) is 11.2 Å². The van der Waals surface area contributed by atoms with Gasteiger partial charge in [0.1, 0.15) is 11.6 Å². The van der Waals surface area contributed by atoms with Crippen LogP contribution in [0.4, 0.5) is 0 Å². The predicted octanol–water partition coefficient (Wildman–Crippen LogP) is 3.16. The van der Waals surface area contributed by atoms with Crippen LogP contribution in [0, 0.1) is 5.41 Å². The maximum atomic E-state index is 11.5. The molecule has 0 atom stereocenters. The van der Waals surface area contributed by atoms with Gasteiger partial charge in [0, 0.05) is 32.3 Å². The highest BCUT2D eigenvalue weighted by Crippen LogP contribution is 2.19. The molecular formula is C14H26O3. The van der Waals surface area contributed by atoms with Crippen molar-refractivity contribution in [2.75, 3.05) is 13.2 Å². The number of rotatable bonds is 9. The second-order valence-corrected chi connectivity index (χ2v) is 5.63. The quantitative estimate of drug-likeness (QED) is 0.583. The Morgan fingerprint density at radius 1 is 1.00 bits per heavy atom. The van der Waals surface area contributed by atoms with Gasteiger partial charge in [-0.15, -0.1) is 0 Å². The molecule has 3 heteroatoms. The molecule has 0 aliphatic carbocycles. The van der Waals surface area contributed by atoms with Crippen LogP contribution in [-0.2, 0) is 14.3 Å². The normalized spacial score (nSPS) is 11.5. The minimum Gasteiger partial charge on any atom is -0.381 e. The van der Waals surface area contributed by atoms with Crippen molar-refractivity contribution < 1.29 is 14.3 Å². The van der Waals surface area contributed by atoms with Crippen LogP contribution in [0.3, 0.4) is 0 Å². The van der Waals surface area contributed by atoms with Gasteiger partial charge in [0.05, 0.1) is 6.61 Å². The average Bonchev–Trinajstić information content (AvgIpc) is 2.20. The molecular weight excluding hydrogens is 216 g/mol. The molecule has 0 aromatic rings. The summed E-state index contributed by atoms with van der Waals surface area (Å²) in [4.78, 5) is 22.5.